The zero-order chi connectivity index (χ0) is 15.7. The molecule has 0 radical (unpaired) electrons. The van der Waals surface area contributed by atoms with Crippen molar-refractivity contribution in [2.45, 2.75) is 47.9 Å². The molecular formula is C17H22O3S2. The lowest BCUT2D eigenvalue weighted by atomic mass is 9.88. The molecule has 1 aromatic carbocycles. The molecule has 3 nitrogen and oxygen atoms in total. The number of hydrogen-bond donors (Lipinski definition) is 2. The van der Waals surface area contributed by atoms with Crippen LogP contribution < -0.4 is 0 Å². The number of carbonyl (C=O) groups excluding carboxylic acids is 1. The number of aldehydes is 1. The van der Waals surface area contributed by atoms with Gasteiger partial charge in [-0.2, -0.15) is 0 Å². The molecule has 2 aliphatic rings. The van der Waals surface area contributed by atoms with E-state index in [0.29, 0.717) is 5.92 Å². The maximum absolute atomic E-state index is 11.5. The van der Waals surface area contributed by atoms with E-state index in [1.165, 1.54) is 38.5 Å². The van der Waals surface area contributed by atoms with E-state index in [2.05, 4.69) is 6.26 Å². The zero-order valence-electron chi connectivity index (χ0n) is 12.7. The molecular weight excluding hydrogens is 316 g/mol. The smallest absolute Gasteiger partial charge is 0.157 e. The predicted molar refractivity (Wildman–Crippen MR) is 92.6 cm³/mol. The number of hydrogen-bond acceptors (Lipinski definition) is 5. The van der Waals surface area contributed by atoms with Crippen LogP contribution in [0, 0.1) is 5.92 Å². The fourth-order valence-corrected chi connectivity index (χ4v) is 7.00. The zero-order valence-corrected chi connectivity index (χ0v) is 14.4. The molecule has 1 heterocycles. The second-order valence-corrected chi connectivity index (χ2v) is 8.86. The van der Waals surface area contributed by atoms with Gasteiger partial charge in [0.25, 0.3) is 0 Å². The molecule has 2 atom stereocenters. The summed E-state index contributed by atoms with van der Waals surface area (Å²) in [5.74, 6) is 0.282. The van der Waals surface area contributed by atoms with Crippen LogP contribution in [-0.4, -0.2) is 22.8 Å². The molecule has 0 spiro atoms. The van der Waals surface area contributed by atoms with E-state index < -0.39 is 0 Å². The molecule has 120 valence electrons. The van der Waals surface area contributed by atoms with Crippen LogP contribution in [-0.2, 0) is 8.87 Å². The molecule has 0 saturated heterocycles. The summed E-state index contributed by atoms with van der Waals surface area (Å²) in [6.45, 7) is 0. The van der Waals surface area contributed by atoms with Gasteiger partial charge in [0.2, 0.25) is 0 Å². The number of fused-ring (bicyclic) bond motifs is 1. The Morgan fingerprint density at radius 1 is 1.18 bits per heavy atom. The fourth-order valence-electron chi connectivity index (χ4n) is 3.85. The summed E-state index contributed by atoms with van der Waals surface area (Å²) in [6, 6.07) is 3.26. The molecule has 5 heteroatoms. The Morgan fingerprint density at radius 3 is 2.41 bits per heavy atom. The van der Waals surface area contributed by atoms with Crippen molar-refractivity contribution in [1.29, 1.82) is 0 Å². The minimum atomic E-state index is -0.253. The molecule has 0 aromatic heterocycles. The van der Waals surface area contributed by atoms with E-state index in [1.54, 1.807) is 35.7 Å². The Bertz CT molecular complexity index is 567. The van der Waals surface area contributed by atoms with E-state index in [0.717, 1.165) is 17.4 Å². The minimum Gasteiger partial charge on any atom is -0.504 e. The highest BCUT2D eigenvalue weighted by Gasteiger charge is 2.49. The summed E-state index contributed by atoms with van der Waals surface area (Å²) in [5.41, 5.74) is 1.90. The number of benzene rings is 1. The quantitative estimate of drug-likeness (QED) is 0.480. The van der Waals surface area contributed by atoms with Crippen molar-refractivity contribution in [2.75, 3.05) is 6.26 Å². The largest absolute Gasteiger partial charge is 0.504 e. The Kier molecular flexibility index (Phi) is 4.64. The van der Waals surface area contributed by atoms with Gasteiger partial charge in [0.15, 0.2) is 11.5 Å². The lowest BCUT2D eigenvalue weighted by molar-refractivity contribution is -0.107. The third kappa shape index (κ3) is 2.52. The van der Waals surface area contributed by atoms with Crippen LogP contribution in [0.3, 0.4) is 0 Å². The summed E-state index contributed by atoms with van der Waals surface area (Å²) in [6.07, 6.45) is 10.4. The molecule has 2 unspecified atom stereocenters. The van der Waals surface area contributed by atoms with Crippen LogP contribution in [0.25, 0.3) is 0 Å². The lowest BCUT2D eigenvalue weighted by Gasteiger charge is -2.36. The standard InChI is InChI=1S/C17H22O3S2/c1-21-17(11-6-4-2-3-5-7-11)13-9-15(20)14(19)8-12(13)16(10-18)22-17/h8-11,16,19-20H,2-7H2,1H3. The third-order valence-corrected chi connectivity index (χ3v) is 8.42. The van der Waals surface area contributed by atoms with E-state index in [1.807, 2.05) is 0 Å². The van der Waals surface area contributed by atoms with Crippen molar-refractivity contribution >= 4 is 29.8 Å². The second kappa shape index (κ2) is 6.36. The molecule has 2 N–H and O–H groups in total. The Labute approximate surface area is 139 Å². The van der Waals surface area contributed by atoms with Crippen molar-refractivity contribution in [1.82, 2.24) is 0 Å². The average molecular weight is 338 g/mol. The Balaban J connectivity index is 2.09. The number of phenols is 2. The van der Waals surface area contributed by atoms with Crippen molar-refractivity contribution in [3.63, 3.8) is 0 Å². The van der Waals surface area contributed by atoms with Gasteiger partial charge in [-0.15, -0.1) is 23.5 Å². The van der Waals surface area contributed by atoms with Crippen LogP contribution in [0.2, 0.25) is 0 Å². The molecule has 1 aliphatic carbocycles. The van der Waals surface area contributed by atoms with Gasteiger partial charge in [-0.25, -0.2) is 0 Å². The first-order valence-electron chi connectivity index (χ1n) is 7.87. The van der Waals surface area contributed by atoms with Crippen LogP contribution >= 0.6 is 23.5 Å². The maximum atomic E-state index is 11.5. The highest BCUT2D eigenvalue weighted by molar-refractivity contribution is 8.17. The highest BCUT2D eigenvalue weighted by Crippen LogP contribution is 2.65. The molecule has 1 aliphatic heterocycles. The van der Waals surface area contributed by atoms with Crippen molar-refractivity contribution < 1.29 is 15.0 Å². The number of thioether (sulfide) groups is 2. The van der Waals surface area contributed by atoms with Gasteiger partial charge in [0.1, 0.15) is 6.29 Å². The highest BCUT2D eigenvalue weighted by atomic mass is 32.2. The van der Waals surface area contributed by atoms with Gasteiger partial charge >= 0.3 is 0 Å². The van der Waals surface area contributed by atoms with Gasteiger partial charge in [0, 0.05) is 0 Å². The van der Waals surface area contributed by atoms with Gasteiger partial charge in [-0.3, -0.25) is 0 Å². The summed E-state index contributed by atoms with van der Waals surface area (Å²) < 4.78 is -0.184. The fraction of sp³-hybridized carbons (Fsp3) is 0.588. The molecule has 3 rings (SSSR count). The summed E-state index contributed by atoms with van der Waals surface area (Å²) >= 11 is 3.48. The lowest BCUT2D eigenvalue weighted by Crippen LogP contribution is -2.26. The van der Waals surface area contributed by atoms with E-state index >= 15 is 0 Å². The first-order chi connectivity index (χ1) is 10.6. The molecule has 1 fully saturated rings. The van der Waals surface area contributed by atoms with Crippen LogP contribution in [0.4, 0.5) is 0 Å². The van der Waals surface area contributed by atoms with Crippen LogP contribution in [0.1, 0.15) is 54.9 Å². The van der Waals surface area contributed by atoms with E-state index in [9.17, 15) is 15.0 Å². The predicted octanol–water partition coefficient (Wildman–Crippen LogP) is 4.57. The SMILES string of the molecule is CSC1(C2CCCCCC2)SC(C=O)c2cc(O)c(O)cc21. The Morgan fingerprint density at radius 2 is 1.82 bits per heavy atom. The average Bonchev–Trinajstić information content (AvgIpc) is 2.70. The van der Waals surface area contributed by atoms with Gasteiger partial charge in [-0.05, 0) is 48.3 Å². The maximum Gasteiger partial charge on any atom is 0.157 e. The number of aromatic hydroxyl groups is 2. The summed E-state index contributed by atoms with van der Waals surface area (Å²) in [5, 5.41) is 19.5. The van der Waals surface area contributed by atoms with Crippen LogP contribution in [0.5, 0.6) is 11.5 Å². The summed E-state index contributed by atoms with van der Waals surface area (Å²) in [4.78, 5) is 11.5. The number of phenolic OH excluding ortho intramolecular Hbond substituents is 2. The molecule has 0 bridgehead atoms. The first-order valence-corrected chi connectivity index (χ1v) is 9.97. The Hall–Kier alpha value is -0.810. The molecule has 22 heavy (non-hydrogen) atoms. The minimum absolute atomic E-state index is 0.0852. The summed E-state index contributed by atoms with van der Waals surface area (Å²) in [7, 11) is 0. The van der Waals surface area contributed by atoms with Gasteiger partial charge in [0.05, 0.1) is 9.33 Å². The van der Waals surface area contributed by atoms with E-state index in [4.69, 9.17) is 0 Å². The van der Waals surface area contributed by atoms with Crippen molar-refractivity contribution in [3.8, 4) is 11.5 Å². The topological polar surface area (TPSA) is 57.5 Å². The van der Waals surface area contributed by atoms with Crippen molar-refractivity contribution in [2.24, 2.45) is 5.92 Å². The monoisotopic (exact) mass is 338 g/mol. The molecule has 1 aromatic rings. The van der Waals surface area contributed by atoms with Crippen LogP contribution in [0.15, 0.2) is 12.1 Å². The van der Waals surface area contributed by atoms with Crippen molar-refractivity contribution in [3.05, 3.63) is 23.3 Å². The molecule has 1 saturated carbocycles. The number of carbonyl (C=O) groups is 1. The first kappa shape index (κ1) is 16.1. The van der Waals surface area contributed by atoms with Gasteiger partial charge < -0.3 is 15.0 Å². The normalized spacial score (nSPS) is 29.0. The van der Waals surface area contributed by atoms with E-state index in [-0.39, 0.29) is 20.8 Å². The van der Waals surface area contributed by atoms with Gasteiger partial charge in [-0.1, -0.05) is 25.7 Å². The molecule has 0 amide bonds. The third-order valence-electron chi connectivity index (χ3n) is 4.95. The second-order valence-electron chi connectivity index (χ2n) is 6.16. The number of rotatable bonds is 3.